The molecule has 93 valence electrons. The molecule has 3 heteroatoms. The standard InChI is InChI=1S/C16H15N2Si/c1-18(2)15-8-10-16(19-12-15)9-7-13-3-5-14(11-17)6-4-13/h3-10,12H,1-2H3/b9-7+. The van der Waals surface area contributed by atoms with Gasteiger partial charge in [0.2, 0.25) is 0 Å². The second-order valence-corrected chi connectivity index (χ2v) is 5.62. The van der Waals surface area contributed by atoms with Crippen molar-refractivity contribution in [1.82, 2.24) is 4.90 Å². The van der Waals surface area contributed by atoms with Crippen LogP contribution in [0.2, 0.25) is 0 Å². The molecule has 2 nitrogen and oxygen atoms in total. The summed E-state index contributed by atoms with van der Waals surface area (Å²) in [6, 6.07) is 9.73. The molecule has 1 heterocycles. The molecule has 2 rings (SSSR count). The predicted octanol–water partition coefficient (Wildman–Crippen LogP) is 2.42. The van der Waals surface area contributed by atoms with Crippen molar-refractivity contribution in [1.29, 1.82) is 5.26 Å². The molecule has 1 aromatic carbocycles. The van der Waals surface area contributed by atoms with Gasteiger partial charge in [-0.2, -0.15) is 5.26 Å². The quantitative estimate of drug-likeness (QED) is 0.783. The summed E-state index contributed by atoms with van der Waals surface area (Å²) < 4.78 is 0. The van der Waals surface area contributed by atoms with Crippen molar-refractivity contribution in [2.45, 2.75) is 0 Å². The smallest absolute Gasteiger partial charge is 0.0991 e. The first kappa shape index (κ1) is 13.3. The first-order valence-corrected chi connectivity index (χ1v) is 7.14. The highest BCUT2D eigenvalue weighted by Crippen LogP contribution is 2.07. The number of benzene rings is 1. The third kappa shape index (κ3) is 3.64. The van der Waals surface area contributed by atoms with E-state index in [0.29, 0.717) is 14.7 Å². The molecule has 1 aromatic rings. The molecule has 0 aliphatic carbocycles. The number of rotatable bonds is 3. The molecule has 0 bridgehead atoms. The molecule has 1 aliphatic heterocycles. The fourth-order valence-electron chi connectivity index (χ4n) is 1.67. The maximum atomic E-state index is 8.74. The van der Waals surface area contributed by atoms with Crippen LogP contribution in [0.1, 0.15) is 11.1 Å². The van der Waals surface area contributed by atoms with Crippen molar-refractivity contribution in [3.05, 3.63) is 65.0 Å². The third-order valence-corrected chi connectivity index (χ3v) is 3.94. The van der Waals surface area contributed by atoms with E-state index in [0.717, 1.165) is 5.56 Å². The number of nitrogens with zero attached hydrogens (tertiary/aromatic N) is 2. The molecule has 0 amide bonds. The molecule has 0 N–H and O–H groups in total. The van der Waals surface area contributed by atoms with Crippen LogP contribution in [-0.2, 0) is 0 Å². The lowest BCUT2D eigenvalue weighted by Gasteiger charge is -2.15. The van der Waals surface area contributed by atoms with Crippen LogP contribution in [0.25, 0.3) is 6.08 Å². The highest BCUT2D eigenvalue weighted by molar-refractivity contribution is 6.64. The number of nitriles is 1. The van der Waals surface area contributed by atoms with Crippen LogP contribution in [0.4, 0.5) is 0 Å². The van der Waals surface area contributed by atoms with Crippen LogP contribution in [0, 0.1) is 11.3 Å². The zero-order chi connectivity index (χ0) is 13.7. The number of likely N-dealkylation sites (N-methyl/N-ethyl adjacent to an activating group) is 1. The fourth-order valence-corrected chi connectivity index (χ4v) is 2.69. The SMILES string of the molecule is CN(C)C1=C[Si]=C(/C=C/c2ccc(C#N)cc2)C=C1. The average molecular weight is 263 g/mol. The molecule has 1 aliphatic rings. The molecular formula is C16H15N2Si. The molecule has 0 aromatic heterocycles. The van der Waals surface area contributed by atoms with Crippen molar-refractivity contribution in [3.63, 3.8) is 0 Å². The van der Waals surface area contributed by atoms with Gasteiger partial charge in [-0.1, -0.05) is 36.1 Å². The van der Waals surface area contributed by atoms with Gasteiger partial charge in [0.1, 0.15) is 0 Å². The van der Waals surface area contributed by atoms with Crippen molar-refractivity contribution >= 4 is 20.4 Å². The van der Waals surface area contributed by atoms with E-state index in [-0.39, 0.29) is 0 Å². The van der Waals surface area contributed by atoms with Crippen LogP contribution < -0.4 is 0 Å². The van der Waals surface area contributed by atoms with Gasteiger partial charge in [0.15, 0.2) is 0 Å². The Hall–Kier alpha value is -2.18. The molecule has 19 heavy (non-hydrogen) atoms. The Kier molecular flexibility index (Phi) is 4.27. The second kappa shape index (κ2) is 6.12. The van der Waals surface area contributed by atoms with Crippen molar-refractivity contribution in [3.8, 4) is 6.07 Å². The van der Waals surface area contributed by atoms with Crippen molar-refractivity contribution in [2.24, 2.45) is 0 Å². The second-order valence-electron chi connectivity index (χ2n) is 4.46. The minimum Gasteiger partial charge on any atom is -0.378 e. The minimum atomic E-state index is 0.697. The van der Waals surface area contributed by atoms with E-state index in [1.807, 2.05) is 24.3 Å². The first-order valence-electron chi connectivity index (χ1n) is 6.06. The van der Waals surface area contributed by atoms with Gasteiger partial charge in [0.05, 0.1) is 20.8 Å². The van der Waals surface area contributed by atoms with Crippen LogP contribution in [0.3, 0.4) is 0 Å². The maximum Gasteiger partial charge on any atom is 0.0991 e. The van der Waals surface area contributed by atoms with Gasteiger partial charge in [-0.15, -0.1) is 0 Å². The highest BCUT2D eigenvalue weighted by atomic mass is 28.2. The van der Waals surface area contributed by atoms with Gasteiger partial charge in [-0.05, 0) is 28.9 Å². The van der Waals surface area contributed by atoms with E-state index < -0.39 is 0 Å². The average Bonchev–Trinajstić information content (AvgIpc) is 2.46. The lowest BCUT2D eigenvalue weighted by atomic mass is 10.1. The van der Waals surface area contributed by atoms with Crippen LogP contribution >= 0.6 is 0 Å². The first-order chi connectivity index (χ1) is 9.19. The summed E-state index contributed by atoms with van der Waals surface area (Å²) in [7, 11) is 4.81. The Morgan fingerprint density at radius 3 is 2.37 bits per heavy atom. The van der Waals surface area contributed by atoms with E-state index in [4.69, 9.17) is 5.26 Å². The summed E-state index contributed by atoms with van der Waals surface area (Å²) in [5.41, 5.74) is 5.32. The van der Waals surface area contributed by atoms with Gasteiger partial charge in [-0.3, -0.25) is 0 Å². The normalized spacial score (nSPS) is 13.9. The van der Waals surface area contributed by atoms with Gasteiger partial charge < -0.3 is 4.90 Å². The molecule has 0 unspecified atom stereocenters. The zero-order valence-corrected chi connectivity index (χ0v) is 12.1. The largest absolute Gasteiger partial charge is 0.378 e. The van der Waals surface area contributed by atoms with E-state index >= 15 is 0 Å². The maximum absolute atomic E-state index is 8.74. The van der Waals surface area contributed by atoms with Gasteiger partial charge in [0.25, 0.3) is 0 Å². The molecule has 0 saturated carbocycles. The topological polar surface area (TPSA) is 27.0 Å². The Morgan fingerprint density at radius 2 is 1.84 bits per heavy atom. The Morgan fingerprint density at radius 1 is 1.11 bits per heavy atom. The lowest BCUT2D eigenvalue weighted by molar-refractivity contribution is 0.531. The summed E-state index contributed by atoms with van der Waals surface area (Å²) in [6.45, 7) is 0. The van der Waals surface area contributed by atoms with E-state index in [9.17, 15) is 0 Å². The monoisotopic (exact) mass is 263 g/mol. The van der Waals surface area contributed by atoms with E-state index in [1.165, 1.54) is 10.9 Å². The number of hydrogen-bond donors (Lipinski definition) is 0. The lowest BCUT2D eigenvalue weighted by Crippen LogP contribution is -2.13. The Bertz CT molecular complexity index is 611. The summed E-state index contributed by atoms with van der Waals surface area (Å²) in [6.07, 6.45) is 8.52. The number of allylic oxidation sites excluding steroid dienone is 3. The van der Waals surface area contributed by atoms with Gasteiger partial charge in [0, 0.05) is 19.8 Å². The van der Waals surface area contributed by atoms with Crippen molar-refractivity contribution in [2.75, 3.05) is 14.1 Å². The van der Waals surface area contributed by atoms with E-state index in [2.05, 4.69) is 55.1 Å². The summed E-state index contributed by atoms with van der Waals surface area (Å²) in [5.74, 6) is 0. The summed E-state index contributed by atoms with van der Waals surface area (Å²) in [4.78, 5) is 2.12. The minimum absolute atomic E-state index is 0.697. The third-order valence-electron chi connectivity index (χ3n) is 2.83. The summed E-state index contributed by atoms with van der Waals surface area (Å²) in [5, 5.41) is 10.1. The van der Waals surface area contributed by atoms with Crippen LogP contribution in [0.5, 0.6) is 0 Å². The van der Waals surface area contributed by atoms with Crippen LogP contribution in [-0.4, -0.2) is 33.3 Å². The highest BCUT2D eigenvalue weighted by Gasteiger charge is 1.99. The van der Waals surface area contributed by atoms with Gasteiger partial charge >= 0.3 is 0 Å². The van der Waals surface area contributed by atoms with Crippen LogP contribution in [0.15, 0.2) is 53.9 Å². The molecular weight excluding hydrogens is 248 g/mol. The predicted molar refractivity (Wildman–Crippen MR) is 81.9 cm³/mol. The Balaban J connectivity index is 2.08. The van der Waals surface area contributed by atoms with Gasteiger partial charge in [-0.25, -0.2) is 0 Å². The summed E-state index contributed by atoms with van der Waals surface area (Å²) >= 11 is 0. The molecule has 1 radical (unpaired) electrons. The molecule has 0 saturated heterocycles. The molecule has 0 fully saturated rings. The molecule has 0 spiro atoms. The van der Waals surface area contributed by atoms with E-state index in [1.54, 1.807) is 0 Å². The number of hydrogen-bond acceptors (Lipinski definition) is 2. The van der Waals surface area contributed by atoms with Crippen molar-refractivity contribution < 1.29 is 0 Å². The fraction of sp³-hybridized carbons (Fsp3) is 0.125. The zero-order valence-electron chi connectivity index (χ0n) is 11.1. The molecule has 0 atom stereocenters. The Labute approximate surface area is 116 Å².